The molecule has 3 rings (SSSR count). The summed E-state index contributed by atoms with van der Waals surface area (Å²) in [4.78, 5) is 22.8. The Morgan fingerprint density at radius 2 is 1.74 bits per heavy atom. The van der Waals surface area contributed by atoms with Gasteiger partial charge in [-0.3, -0.25) is 14.3 Å². The quantitative estimate of drug-likeness (QED) is 0.542. The van der Waals surface area contributed by atoms with E-state index in [0.29, 0.717) is 27.2 Å². The summed E-state index contributed by atoms with van der Waals surface area (Å²) in [6.07, 6.45) is 0. The highest BCUT2D eigenvalue weighted by Crippen LogP contribution is 2.30. The maximum atomic E-state index is 11.6. The molecule has 0 saturated carbocycles. The fourth-order valence-corrected chi connectivity index (χ4v) is 3.22. The van der Waals surface area contributed by atoms with Gasteiger partial charge < -0.3 is 18.9 Å². The third kappa shape index (κ3) is 4.69. The third-order valence-corrected chi connectivity index (χ3v) is 5.10. The van der Waals surface area contributed by atoms with E-state index in [9.17, 15) is 18.4 Å². The molecule has 3 amide bonds. The zero-order chi connectivity index (χ0) is 19.6. The van der Waals surface area contributed by atoms with E-state index >= 15 is 0 Å². The van der Waals surface area contributed by atoms with Crippen molar-refractivity contribution in [2.45, 2.75) is 6.04 Å². The van der Waals surface area contributed by atoms with Crippen LogP contribution in [0.2, 0.25) is 10.0 Å². The van der Waals surface area contributed by atoms with Crippen molar-refractivity contribution in [2.24, 2.45) is 0 Å². The number of amides is 3. The fourth-order valence-electron chi connectivity index (χ4n) is 2.36. The zero-order valence-corrected chi connectivity index (χ0v) is 15.8. The number of imide groups is 1. The van der Waals surface area contributed by atoms with Crippen molar-refractivity contribution in [3.8, 4) is 11.5 Å². The summed E-state index contributed by atoms with van der Waals surface area (Å²) in [6, 6.07) is 9.30. The standard InChI is InChI=1S/C16H13Cl2N3O5S/c17-12-6-5-11(7-13(12)18)26-10-3-1-9(2-4-10)21(27(24)25)8-14-15(22)20-16(23)19-14/h1-7,14H,8H2,(H,24,25)(H2,19,20,22,23)/p-1/t14-/m0/s1. The van der Waals surface area contributed by atoms with Gasteiger partial charge in [-0.05, 0) is 36.4 Å². The van der Waals surface area contributed by atoms with Gasteiger partial charge in [0, 0.05) is 23.0 Å². The minimum atomic E-state index is -2.65. The van der Waals surface area contributed by atoms with E-state index in [2.05, 4.69) is 10.6 Å². The summed E-state index contributed by atoms with van der Waals surface area (Å²) in [5.41, 5.74) is 0.304. The second-order valence-electron chi connectivity index (χ2n) is 5.47. The minimum Gasteiger partial charge on any atom is -0.755 e. The van der Waals surface area contributed by atoms with Gasteiger partial charge in [-0.1, -0.05) is 23.2 Å². The first-order valence-corrected chi connectivity index (χ1v) is 9.33. The van der Waals surface area contributed by atoms with Crippen LogP contribution in [-0.4, -0.2) is 33.3 Å². The maximum absolute atomic E-state index is 11.6. The Kier molecular flexibility index (Phi) is 5.85. The number of nitrogens with zero attached hydrogens (tertiary/aromatic N) is 1. The van der Waals surface area contributed by atoms with Gasteiger partial charge in [0.1, 0.15) is 17.5 Å². The highest BCUT2D eigenvalue weighted by molar-refractivity contribution is 7.80. The fraction of sp³-hybridized carbons (Fsp3) is 0.125. The topological polar surface area (TPSA) is 111 Å². The van der Waals surface area contributed by atoms with Crippen LogP contribution >= 0.6 is 23.2 Å². The number of anilines is 1. The first kappa shape index (κ1) is 19.4. The number of carbonyl (C=O) groups excluding carboxylic acids is 2. The number of rotatable bonds is 6. The third-order valence-electron chi connectivity index (χ3n) is 3.64. The molecule has 0 spiro atoms. The van der Waals surface area contributed by atoms with E-state index in [-0.39, 0.29) is 6.54 Å². The molecule has 1 aliphatic rings. The lowest BCUT2D eigenvalue weighted by Gasteiger charge is -2.28. The molecule has 0 radical (unpaired) electrons. The largest absolute Gasteiger partial charge is 0.755 e. The molecule has 8 nitrogen and oxygen atoms in total. The molecule has 1 heterocycles. The van der Waals surface area contributed by atoms with Crippen LogP contribution < -0.4 is 19.7 Å². The summed E-state index contributed by atoms with van der Waals surface area (Å²) in [6.45, 7) is -0.235. The van der Waals surface area contributed by atoms with Crippen LogP contribution in [0.5, 0.6) is 11.5 Å². The predicted octanol–water partition coefficient (Wildman–Crippen LogP) is 2.59. The Hall–Kier alpha value is -2.33. The van der Waals surface area contributed by atoms with Gasteiger partial charge in [-0.15, -0.1) is 0 Å². The van der Waals surface area contributed by atoms with Crippen LogP contribution in [-0.2, 0) is 16.1 Å². The van der Waals surface area contributed by atoms with Crippen LogP contribution in [0.4, 0.5) is 10.5 Å². The number of hydrogen-bond acceptors (Lipinski definition) is 5. The first-order valence-electron chi connectivity index (χ1n) is 7.55. The lowest BCUT2D eigenvalue weighted by Crippen LogP contribution is -2.42. The number of ether oxygens (including phenoxy) is 1. The molecule has 1 unspecified atom stereocenters. The highest BCUT2D eigenvalue weighted by Gasteiger charge is 2.31. The average molecular weight is 429 g/mol. The Bertz CT molecular complexity index is 909. The molecule has 2 atom stereocenters. The van der Waals surface area contributed by atoms with Gasteiger partial charge in [-0.2, -0.15) is 0 Å². The highest BCUT2D eigenvalue weighted by atomic mass is 35.5. The van der Waals surface area contributed by atoms with Crippen molar-refractivity contribution in [2.75, 3.05) is 10.8 Å². The van der Waals surface area contributed by atoms with Crippen LogP contribution in [0.25, 0.3) is 0 Å². The number of nitrogens with one attached hydrogen (secondary N) is 2. The van der Waals surface area contributed by atoms with Crippen molar-refractivity contribution in [1.29, 1.82) is 0 Å². The molecule has 142 valence electrons. The molecule has 27 heavy (non-hydrogen) atoms. The molecular formula is C16H12Cl2N3O5S-. The van der Waals surface area contributed by atoms with Gasteiger partial charge in [0.25, 0.3) is 5.91 Å². The monoisotopic (exact) mass is 428 g/mol. The molecule has 2 N–H and O–H groups in total. The molecule has 1 saturated heterocycles. The van der Waals surface area contributed by atoms with Crippen LogP contribution in [0.1, 0.15) is 0 Å². The molecule has 0 bridgehead atoms. The molecule has 1 fully saturated rings. The van der Waals surface area contributed by atoms with Crippen LogP contribution in [0.3, 0.4) is 0 Å². The average Bonchev–Trinajstić information content (AvgIpc) is 2.94. The Labute approximate surface area is 166 Å². The minimum absolute atomic E-state index is 0.235. The first-order chi connectivity index (χ1) is 12.8. The van der Waals surface area contributed by atoms with Crippen molar-refractivity contribution < 1.29 is 23.1 Å². The SMILES string of the molecule is O=C1NC(=O)[C@H](CN(c2ccc(Oc3ccc(Cl)c(Cl)c3)cc2)S(=O)[O-])N1. The smallest absolute Gasteiger partial charge is 0.322 e. The summed E-state index contributed by atoms with van der Waals surface area (Å²) in [7, 11) is 0. The number of halogens is 2. The van der Waals surface area contributed by atoms with E-state index in [1.807, 2.05) is 0 Å². The van der Waals surface area contributed by atoms with Crippen LogP contribution in [0, 0.1) is 0 Å². The Morgan fingerprint density at radius 1 is 1.07 bits per heavy atom. The lowest BCUT2D eigenvalue weighted by molar-refractivity contribution is -0.119. The van der Waals surface area contributed by atoms with E-state index in [4.69, 9.17) is 27.9 Å². The number of hydrogen-bond donors (Lipinski definition) is 2. The molecule has 0 aromatic heterocycles. The lowest BCUT2D eigenvalue weighted by atomic mass is 10.2. The van der Waals surface area contributed by atoms with Crippen molar-refractivity contribution in [3.63, 3.8) is 0 Å². The van der Waals surface area contributed by atoms with Gasteiger partial charge in [0.05, 0.1) is 16.6 Å². The molecule has 11 heteroatoms. The molecule has 2 aromatic carbocycles. The molecular weight excluding hydrogens is 417 g/mol. The second-order valence-corrected chi connectivity index (χ2v) is 7.15. The van der Waals surface area contributed by atoms with Gasteiger partial charge in [-0.25, -0.2) is 4.79 Å². The summed E-state index contributed by atoms with van der Waals surface area (Å²) >= 11 is 9.14. The maximum Gasteiger partial charge on any atom is 0.322 e. The van der Waals surface area contributed by atoms with Crippen molar-refractivity contribution in [1.82, 2.24) is 10.6 Å². The Balaban J connectivity index is 1.73. The van der Waals surface area contributed by atoms with Gasteiger partial charge >= 0.3 is 6.03 Å². The molecule has 0 aliphatic carbocycles. The van der Waals surface area contributed by atoms with E-state index in [1.165, 1.54) is 12.1 Å². The predicted molar refractivity (Wildman–Crippen MR) is 99.7 cm³/mol. The second kappa shape index (κ2) is 8.13. The van der Waals surface area contributed by atoms with Crippen molar-refractivity contribution in [3.05, 3.63) is 52.5 Å². The number of carbonyl (C=O) groups is 2. The van der Waals surface area contributed by atoms with Gasteiger partial charge in [0.2, 0.25) is 0 Å². The summed E-state index contributed by atoms with van der Waals surface area (Å²) < 4.78 is 29.7. The Morgan fingerprint density at radius 3 is 2.30 bits per heavy atom. The van der Waals surface area contributed by atoms with E-state index in [1.54, 1.807) is 30.3 Å². The summed E-state index contributed by atoms with van der Waals surface area (Å²) in [5.74, 6) is 0.322. The van der Waals surface area contributed by atoms with E-state index < -0.39 is 29.2 Å². The van der Waals surface area contributed by atoms with E-state index in [0.717, 1.165) is 4.31 Å². The number of benzene rings is 2. The van der Waals surface area contributed by atoms with Crippen molar-refractivity contribution >= 4 is 52.1 Å². The molecule has 1 aliphatic heterocycles. The van der Waals surface area contributed by atoms with Gasteiger partial charge in [0.15, 0.2) is 0 Å². The summed E-state index contributed by atoms with van der Waals surface area (Å²) in [5, 5.41) is 5.14. The van der Waals surface area contributed by atoms with Crippen LogP contribution in [0.15, 0.2) is 42.5 Å². The number of urea groups is 1. The zero-order valence-electron chi connectivity index (χ0n) is 13.5. The molecule has 2 aromatic rings. The normalized spacial score (nSPS) is 17.2.